The maximum Gasteiger partial charge on any atom is 0.218 e. The van der Waals surface area contributed by atoms with Gasteiger partial charge < -0.3 is 50.3 Å². The molecule has 10 nitrogen and oxygen atoms in total. The SMILES string of the molecule is Nc1ccc(-c2oc3c(N)c(N)c(N)c(N)c3c(=O)c2N)c(N)c1N. The molecule has 3 aromatic rings. The summed E-state index contributed by atoms with van der Waals surface area (Å²) < 4.78 is 5.74. The standard InChI is InChI=1S/C15H18N8O2/c16-4-2-1-3(6(17)7(4)18)14-12(23)13(24)5-8(19)9(20)10(21)11(22)15(5)25-14/h1-2H,16-23H2. The van der Waals surface area contributed by atoms with Gasteiger partial charge in [0, 0.05) is 5.56 Å². The number of hydrogen-bond donors (Lipinski definition) is 8. The third-order valence-corrected chi connectivity index (χ3v) is 4.10. The topological polar surface area (TPSA) is 238 Å². The summed E-state index contributed by atoms with van der Waals surface area (Å²) in [5.41, 5.74) is 46.7. The molecule has 0 aliphatic rings. The predicted octanol–water partition coefficient (Wildman–Crippen LogP) is 0.118. The molecule has 16 N–H and O–H groups in total. The Labute approximate surface area is 141 Å². The molecule has 0 radical (unpaired) electrons. The molecule has 3 rings (SSSR count). The number of nitrogens with two attached hydrogens (primary N) is 8. The molecule has 2 aromatic carbocycles. The zero-order valence-corrected chi connectivity index (χ0v) is 13.1. The second-order valence-corrected chi connectivity index (χ2v) is 5.56. The maximum atomic E-state index is 12.7. The van der Waals surface area contributed by atoms with E-state index in [1.807, 2.05) is 0 Å². The molecular formula is C15H18N8O2. The van der Waals surface area contributed by atoms with Crippen molar-refractivity contribution in [3.05, 3.63) is 22.4 Å². The minimum Gasteiger partial charge on any atom is -0.451 e. The highest BCUT2D eigenvalue weighted by Crippen LogP contribution is 2.42. The van der Waals surface area contributed by atoms with E-state index < -0.39 is 5.43 Å². The first-order valence-corrected chi connectivity index (χ1v) is 7.08. The first kappa shape index (κ1) is 15.9. The molecule has 0 saturated heterocycles. The van der Waals surface area contributed by atoms with E-state index in [0.717, 1.165) is 0 Å². The lowest BCUT2D eigenvalue weighted by Crippen LogP contribution is -2.15. The summed E-state index contributed by atoms with van der Waals surface area (Å²) in [6, 6.07) is 3.04. The fourth-order valence-electron chi connectivity index (χ4n) is 2.58. The van der Waals surface area contributed by atoms with Gasteiger partial charge in [0.25, 0.3) is 0 Å². The molecule has 0 saturated carbocycles. The molecule has 0 bridgehead atoms. The van der Waals surface area contributed by atoms with Crippen molar-refractivity contribution in [2.75, 3.05) is 45.9 Å². The molecule has 0 atom stereocenters. The first-order chi connectivity index (χ1) is 11.7. The Hall–Kier alpha value is -3.95. The van der Waals surface area contributed by atoms with E-state index in [1.54, 1.807) is 0 Å². The van der Waals surface area contributed by atoms with Crippen LogP contribution < -0.4 is 51.3 Å². The molecule has 10 heteroatoms. The third kappa shape index (κ3) is 2.01. The molecular weight excluding hydrogens is 324 g/mol. The Morgan fingerprint density at radius 3 is 1.88 bits per heavy atom. The summed E-state index contributed by atoms with van der Waals surface area (Å²) in [6.45, 7) is 0. The summed E-state index contributed by atoms with van der Waals surface area (Å²) in [5.74, 6) is -0.0167. The van der Waals surface area contributed by atoms with E-state index in [0.29, 0.717) is 0 Å². The molecule has 0 aliphatic carbocycles. The Bertz CT molecular complexity index is 1100. The largest absolute Gasteiger partial charge is 0.451 e. The van der Waals surface area contributed by atoms with Gasteiger partial charge in [0.2, 0.25) is 5.43 Å². The van der Waals surface area contributed by atoms with Crippen molar-refractivity contribution in [2.45, 2.75) is 0 Å². The van der Waals surface area contributed by atoms with Crippen LogP contribution in [0.5, 0.6) is 0 Å². The number of benzene rings is 2. The van der Waals surface area contributed by atoms with Crippen molar-refractivity contribution in [1.29, 1.82) is 0 Å². The second-order valence-electron chi connectivity index (χ2n) is 5.56. The number of hydrogen-bond acceptors (Lipinski definition) is 10. The molecule has 1 aromatic heterocycles. The number of rotatable bonds is 1. The number of fused-ring (bicyclic) bond motifs is 1. The van der Waals surface area contributed by atoms with Crippen LogP contribution in [0.1, 0.15) is 0 Å². The highest BCUT2D eigenvalue weighted by atomic mass is 16.3. The summed E-state index contributed by atoms with van der Waals surface area (Å²) in [4.78, 5) is 12.7. The van der Waals surface area contributed by atoms with Crippen LogP contribution in [0.4, 0.5) is 45.5 Å². The molecule has 0 aliphatic heterocycles. The normalized spacial score (nSPS) is 11.0. The molecule has 0 unspecified atom stereocenters. The van der Waals surface area contributed by atoms with Crippen LogP contribution in [-0.2, 0) is 0 Å². The average Bonchev–Trinajstić information content (AvgIpc) is 2.59. The molecule has 1 heterocycles. The average molecular weight is 342 g/mol. The van der Waals surface area contributed by atoms with E-state index in [-0.39, 0.29) is 67.8 Å². The van der Waals surface area contributed by atoms with Gasteiger partial charge in [-0.1, -0.05) is 0 Å². The van der Waals surface area contributed by atoms with E-state index in [1.165, 1.54) is 12.1 Å². The Kier molecular flexibility index (Phi) is 3.20. The zero-order chi connectivity index (χ0) is 18.6. The van der Waals surface area contributed by atoms with Gasteiger partial charge in [-0.25, -0.2) is 0 Å². The van der Waals surface area contributed by atoms with Crippen molar-refractivity contribution in [1.82, 2.24) is 0 Å². The second kappa shape index (κ2) is 5.03. The molecule has 0 amide bonds. The van der Waals surface area contributed by atoms with Gasteiger partial charge in [0.1, 0.15) is 11.4 Å². The molecule has 0 spiro atoms. The lowest BCUT2D eigenvalue weighted by atomic mass is 10.0. The van der Waals surface area contributed by atoms with Crippen molar-refractivity contribution in [3.63, 3.8) is 0 Å². The van der Waals surface area contributed by atoms with Crippen LogP contribution in [0.2, 0.25) is 0 Å². The zero-order valence-electron chi connectivity index (χ0n) is 13.1. The minimum absolute atomic E-state index is 0.00802. The van der Waals surface area contributed by atoms with Crippen LogP contribution in [0.25, 0.3) is 22.3 Å². The molecule has 130 valence electrons. The van der Waals surface area contributed by atoms with Crippen molar-refractivity contribution in [3.8, 4) is 11.3 Å². The van der Waals surface area contributed by atoms with Crippen molar-refractivity contribution < 1.29 is 4.42 Å². The summed E-state index contributed by atoms with van der Waals surface area (Å²) >= 11 is 0. The smallest absolute Gasteiger partial charge is 0.218 e. The van der Waals surface area contributed by atoms with E-state index in [9.17, 15) is 4.79 Å². The Morgan fingerprint density at radius 1 is 0.640 bits per heavy atom. The van der Waals surface area contributed by atoms with Gasteiger partial charge in [-0.3, -0.25) is 4.79 Å². The van der Waals surface area contributed by atoms with E-state index in [2.05, 4.69) is 0 Å². The van der Waals surface area contributed by atoms with Crippen LogP contribution in [0, 0.1) is 0 Å². The van der Waals surface area contributed by atoms with Crippen LogP contribution in [-0.4, -0.2) is 0 Å². The molecule has 0 fully saturated rings. The highest BCUT2D eigenvalue weighted by molar-refractivity contribution is 6.10. The van der Waals surface area contributed by atoms with Gasteiger partial charge in [-0.2, -0.15) is 0 Å². The third-order valence-electron chi connectivity index (χ3n) is 4.10. The van der Waals surface area contributed by atoms with Gasteiger partial charge in [0.05, 0.1) is 39.5 Å². The van der Waals surface area contributed by atoms with Gasteiger partial charge >= 0.3 is 0 Å². The highest BCUT2D eigenvalue weighted by Gasteiger charge is 2.23. The summed E-state index contributed by atoms with van der Waals surface area (Å²) in [7, 11) is 0. The summed E-state index contributed by atoms with van der Waals surface area (Å²) in [5, 5.41) is -0.0487. The van der Waals surface area contributed by atoms with E-state index >= 15 is 0 Å². The van der Waals surface area contributed by atoms with Crippen LogP contribution in [0.3, 0.4) is 0 Å². The lowest BCUT2D eigenvalue weighted by molar-refractivity contribution is 0.623. The van der Waals surface area contributed by atoms with Crippen molar-refractivity contribution in [2.24, 2.45) is 0 Å². The minimum atomic E-state index is -0.609. The number of nitrogen functional groups attached to an aromatic ring is 8. The van der Waals surface area contributed by atoms with Crippen molar-refractivity contribution >= 4 is 56.5 Å². The maximum absolute atomic E-state index is 12.7. The predicted molar refractivity (Wildman–Crippen MR) is 103 cm³/mol. The van der Waals surface area contributed by atoms with Crippen LogP contribution in [0.15, 0.2) is 21.3 Å². The fraction of sp³-hybridized carbons (Fsp3) is 0. The lowest BCUT2D eigenvalue weighted by Gasteiger charge is -2.15. The Balaban J connectivity index is 2.50. The van der Waals surface area contributed by atoms with Gasteiger partial charge in [-0.05, 0) is 12.1 Å². The Morgan fingerprint density at radius 2 is 1.24 bits per heavy atom. The first-order valence-electron chi connectivity index (χ1n) is 7.08. The summed E-state index contributed by atoms with van der Waals surface area (Å²) in [6.07, 6.45) is 0. The molecule has 25 heavy (non-hydrogen) atoms. The van der Waals surface area contributed by atoms with Gasteiger partial charge in [-0.15, -0.1) is 0 Å². The number of anilines is 8. The fourth-order valence-corrected chi connectivity index (χ4v) is 2.58. The monoisotopic (exact) mass is 342 g/mol. The van der Waals surface area contributed by atoms with Gasteiger partial charge in [0.15, 0.2) is 11.3 Å². The quantitative estimate of drug-likeness (QED) is 0.277. The van der Waals surface area contributed by atoms with Crippen LogP contribution >= 0.6 is 0 Å². The van der Waals surface area contributed by atoms with E-state index in [4.69, 9.17) is 50.3 Å².